The first-order valence-corrected chi connectivity index (χ1v) is 10.2. The number of rotatable bonds is 7. The molecule has 2 aromatic heterocycles. The Bertz CT molecular complexity index is 958. The molecule has 0 unspecified atom stereocenters. The van der Waals surface area contributed by atoms with Gasteiger partial charge in [-0.25, -0.2) is 14.4 Å². The SMILES string of the molecule is CCc1sc(C(=O)OCC(=O)Nc2sc(C(=O)OC)c(C)c2C(=O)OC)cc1C. The highest BCUT2D eigenvalue weighted by molar-refractivity contribution is 7.18. The molecule has 0 bridgehead atoms. The third-order valence-corrected chi connectivity index (χ3v) is 6.59. The van der Waals surface area contributed by atoms with Gasteiger partial charge in [0, 0.05) is 4.88 Å². The molecular weight excluding hydrogens is 418 g/mol. The maximum absolute atomic E-state index is 12.3. The Hall–Kier alpha value is -2.72. The summed E-state index contributed by atoms with van der Waals surface area (Å²) in [7, 11) is 2.41. The van der Waals surface area contributed by atoms with Gasteiger partial charge in [0.05, 0.1) is 19.8 Å². The molecule has 2 heterocycles. The summed E-state index contributed by atoms with van der Waals surface area (Å²) in [6.45, 7) is 4.91. The second kappa shape index (κ2) is 9.66. The summed E-state index contributed by atoms with van der Waals surface area (Å²) in [5, 5.41) is 2.62. The maximum Gasteiger partial charge on any atom is 0.348 e. The number of nitrogens with one attached hydrogen (secondary N) is 1. The molecule has 10 heteroatoms. The van der Waals surface area contributed by atoms with Gasteiger partial charge < -0.3 is 19.5 Å². The van der Waals surface area contributed by atoms with Crippen molar-refractivity contribution in [3.63, 3.8) is 0 Å². The highest BCUT2D eigenvalue weighted by Gasteiger charge is 2.27. The van der Waals surface area contributed by atoms with Crippen LogP contribution < -0.4 is 5.32 Å². The molecule has 0 aliphatic carbocycles. The Kier molecular flexibility index (Phi) is 7.52. The molecule has 0 spiro atoms. The highest BCUT2D eigenvalue weighted by Crippen LogP contribution is 2.34. The minimum atomic E-state index is -0.706. The molecule has 0 atom stereocenters. The van der Waals surface area contributed by atoms with E-state index in [9.17, 15) is 19.2 Å². The summed E-state index contributed by atoms with van der Waals surface area (Å²) in [6.07, 6.45) is 0.806. The number of ether oxygens (including phenoxy) is 3. The van der Waals surface area contributed by atoms with Gasteiger partial charge in [0.1, 0.15) is 14.8 Å². The van der Waals surface area contributed by atoms with Crippen molar-refractivity contribution in [1.29, 1.82) is 0 Å². The predicted molar refractivity (Wildman–Crippen MR) is 109 cm³/mol. The summed E-state index contributed by atoms with van der Waals surface area (Å²) in [6, 6.07) is 1.73. The van der Waals surface area contributed by atoms with Crippen molar-refractivity contribution in [2.24, 2.45) is 0 Å². The number of anilines is 1. The van der Waals surface area contributed by atoms with Crippen LogP contribution in [0, 0.1) is 13.8 Å². The molecule has 0 aliphatic heterocycles. The zero-order valence-corrected chi connectivity index (χ0v) is 18.3. The van der Waals surface area contributed by atoms with E-state index in [2.05, 4.69) is 5.32 Å². The van der Waals surface area contributed by atoms with Gasteiger partial charge in [0.15, 0.2) is 6.61 Å². The van der Waals surface area contributed by atoms with E-state index in [-0.39, 0.29) is 15.4 Å². The Balaban J connectivity index is 2.12. The Morgan fingerprint density at radius 1 is 1.00 bits per heavy atom. The van der Waals surface area contributed by atoms with Gasteiger partial charge in [-0.2, -0.15) is 0 Å². The lowest BCUT2D eigenvalue weighted by Crippen LogP contribution is -2.21. The molecule has 2 rings (SSSR count). The van der Waals surface area contributed by atoms with Crippen molar-refractivity contribution < 1.29 is 33.4 Å². The first-order valence-electron chi connectivity index (χ1n) is 8.59. The summed E-state index contributed by atoms with van der Waals surface area (Å²) >= 11 is 2.21. The number of amides is 1. The average Bonchev–Trinajstić information content (AvgIpc) is 3.24. The second-order valence-electron chi connectivity index (χ2n) is 5.94. The molecule has 1 N–H and O–H groups in total. The van der Waals surface area contributed by atoms with E-state index in [1.165, 1.54) is 25.6 Å². The largest absolute Gasteiger partial charge is 0.465 e. The fourth-order valence-corrected chi connectivity index (χ4v) is 4.71. The van der Waals surface area contributed by atoms with Crippen LogP contribution in [0.3, 0.4) is 0 Å². The lowest BCUT2D eigenvalue weighted by atomic mass is 10.1. The monoisotopic (exact) mass is 439 g/mol. The molecule has 8 nitrogen and oxygen atoms in total. The number of hydrogen-bond donors (Lipinski definition) is 1. The zero-order chi connectivity index (χ0) is 21.7. The van der Waals surface area contributed by atoms with E-state index in [1.54, 1.807) is 13.0 Å². The molecular formula is C19H21NO7S2. The normalized spacial score (nSPS) is 10.4. The fourth-order valence-electron chi connectivity index (χ4n) is 2.57. The first-order chi connectivity index (χ1) is 13.7. The molecule has 0 fully saturated rings. The number of esters is 3. The van der Waals surface area contributed by atoms with Crippen LogP contribution in [0.4, 0.5) is 5.00 Å². The number of carbonyl (C=O) groups is 4. The van der Waals surface area contributed by atoms with Crippen molar-refractivity contribution >= 4 is 51.5 Å². The van der Waals surface area contributed by atoms with E-state index >= 15 is 0 Å². The van der Waals surface area contributed by atoms with Crippen LogP contribution in [0.1, 0.15) is 52.6 Å². The number of hydrogen-bond acceptors (Lipinski definition) is 9. The average molecular weight is 440 g/mol. The molecule has 0 aliphatic rings. The van der Waals surface area contributed by atoms with E-state index in [1.807, 2.05) is 13.8 Å². The van der Waals surface area contributed by atoms with Crippen molar-refractivity contribution in [2.45, 2.75) is 27.2 Å². The Labute approximate surface area is 175 Å². The number of thiophene rings is 2. The van der Waals surface area contributed by atoms with E-state index in [4.69, 9.17) is 14.2 Å². The standard InChI is InChI=1S/C19H21NO7S2/c1-6-11-9(2)7-12(28-11)17(22)27-8-13(21)20-16-14(18(23)25-4)10(3)15(29-16)19(24)26-5/h7H,6,8H2,1-5H3,(H,20,21). The van der Waals surface area contributed by atoms with Gasteiger partial charge in [0.2, 0.25) is 0 Å². The van der Waals surface area contributed by atoms with E-state index in [0.717, 1.165) is 28.2 Å². The van der Waals surface area contributed by atoms with E-state index < -0.39 is 30.4 Å². The summed E-state index contributed by atoms with van der Waals surface area (Å²) in [5.41, 5.74) is 1.39. The third-order valence-electron chi connectivity index (χ3n) is 4.04. The highest BCUT2D eigenvalue weighted by atomic mass is 32.1. The minimum absolute atomic E-state index is 0.0547. The van der Waals surface area contributed by atoms with Crippen molar-refractivity contribution in [1.82, 2.24) is 0 Å². The van der Waals surface area contributed by atoms with Crippen LogP contribution >= 0.6 is 22.7 Å². The Morgan fingerprint density at radius 2 is 1.66 bits per heavy atom. The van der Waals surface area contributed by atoms with Crippen LogP contribution in [0.25, 0.3) is 0 Å². The fraction of sp³-hybridized carbons (Fsp3) is 0.368. The second-order valence-corrected chi connectivity index (χ2v) is 8.10. The lowest BCUT2D eigenvalue weighted by molar-refractivity contribution is -0.119. The topological polar surface area (TPSA) is 108 Å². The van der Waals surface area contributed by atoms with Crippen LogP contribution in [-0.2, 0) is 25.4 Å². The van der Waals surface area contributed by atoms with Crippen molar-refractivity contribution in [2.75, 3.05) is 26.1 Å². The van der Waals surface area contributed by atoms with Gasteiger partial charge in [-0.3, -0.25) is 4.79 Å². The summed E-state index contributed by atoms with van der Waals surface area (Å²) < 4.78 is 14.5. The van der Waals surface area contributed by atoms with Crippen molar-refractivity contribution in [3.05, 3.63) is 37.4 Å². The number of carbonyl (C=O) groups excluding carboxylic acids is 4. The third kappa shape index (κ3) is 5.01. The van der Waals surface area contributed by atoms with Gasteiger partial charge in [-0.15, -0.1) is 22.7 Å². The summed E-state index contributed by atoms with van der Waals surface area (Å²) in [4.78, 5) is 50.0. The van der Waals surface area contributed by atoms with Gasteiger partial charge >= 0.3 is 17.9 Å². The Morgan fingerprint density at radius 3 is 2.21 bits per heavy atom. The van der Waals surface area contributed by atoms with Crippen molar-refractivity contribution in [3.8, 4) is 0 Å². The molecule has 0 saturated carbocycles. The summed E-state index contributed by atoms with van der Waals surface area (Å²) in [5.74, 6) is -2.59. The van der Waals surface area contributed by atoms with Crippen LogP contribution in [0.5, 0.6) is 0 Å². The van der Waals surface area contributed by atoms with E-state index in [0.29, 0.717) is 10.4 Å². The van der Waals surface area contributed by atoms with Crippen LogP contribution in [-0.4, -0.2) is 44.6 Å². The lowest BCUT2D eigenvalue weighted by Gasteiger charge is -2.06. The van der Waals surface area contributed by atoms with Gasteiger partial charge in [0.25, 0.3) is 5.91 Å². The number of methoxy groups -OCH3 is 2. The molecule has 0 saturated heterocycles. The molecule has 29 heavy (non-hydrogen) atoms. The molecule has 2 aromatic rings. The molecule has 0 aromatic carbocycles. The van der Waals surface area contributed by atoms with Crippen LogP contribution in [0.2, 0.25) is 0 Å². The molecule has 1 amide bonds. The van der Waals surface area contributed by atoms with Gasteiger partial charge in [-0.1, -0.05) is 6.92 Å². The molecule has 156 valence electrons. The smallest absolute Gasteiger partial charge is 0.348 e. The maximum atomic E-state index is 12.3. The first kappa shape index (κ1) is 22.6. The quantitative estimate of drug-likeness (QED) is 0.520. The zero-order valence-electron chi connectivity index (χ0n) is 16.7. The molecule has 0 radical (unpaired) electrons. The number of aryl methyl sites for hydroxylation is 2. The minimum Gasteiger partial charge on any atom is -0.465 e. The van der Waals surface area contributed by atoms with Gasteiger partial charge in [-0.05, 0) is 37.5 Å². The van der Waals surface area contributed by atoms with Crippen LogP contribution in [0.15, 0.2) is 6.07 Å². The predicted octanol–water partition coefficient (Wildman–Crippen LogP) is 3.36.